The molecule has 0 spiro atoms. The maximum absolute atomic E-state index is 10.4. The van der Waals surface area contributed by atoms with E-state index in [2.05, 4.69) is 22.6 Å². The number of ether oxygens (including phenoxy) is 2. The lowest BCUT2D eigenvalue weighted by Gasteiger charge is -1.99. The molecule has 17 heavy (non-hydrogen) atoms. The number of hydrogen-bond donors (Lipinski definition) is 2. The van der Waals surface area contributed by atoms with E-state index >= 15 is 0 Å². The van der Waals surface area contributed by atoms with Gasteiger partial charge in [0.15, 0.2) is 0 Å². The monoisotopic (exact) mass is 246 g/mol. The van der Waals surface area contributed by atoms with Crippen molar-refractivity contribution in [2.24, 2.45) is 0 Å². The number of carbonyl (C=O) groups excluding carboxylic acids is 1. The minimum absolute atomic E-state index is 0.177. The Kier molecular flexibility index (Phi) is 18.1. The summed E-state index contributed by atoms with van der Waals surface area (Å²) < 4.78 is 8.93. The van der Waals surface area contributed by atoms with Crippen LogP contribution in [0.1, 0.15) is 19.3 Å². The molecule has 0 aliphatic carbocycles. The van der Waals surface area contributed by atoms with Gasteiger partial charge in [0, 0.05) is 13.2 Å². The number of rotatable bonds is 8. The average Bonchev–Trinajstić information content (AvgIpc) is 2.35. The van der Waals surface area contributed by atoms with Crippen LogP contribution in [0.5, 0.6) is 0 Å². The van der Waals surface area contributed by atoms with Crippen molar-refractivity contribution in [2.75, 3.05) is 26.4 Å². The van der Waals surface area contributed by atoms with E-state index < -0.39 is 6.16 Å². The van der Waals surface area contributed by atoms with E-state index in [4.69, 9.17) is 10.2 Å². The standard InChI is InChI=1S/C7H10O3.C5H12O2/c1-3-5-9-7(8)10-6-4-2;6-4-2-1-3-5-7/h3-4H,1-2,5-6H2;6-7H,1-5H2. The third-order valence-electron chi connectivity index (χ3n) is 1.45. The molecule has 0 aromatic rings. The molecule has 0 radical (unpaired) electrons. The Morgan fingerprint density at radius 3 is 1.65 bits per heavy atom. The van der Waals surface area contributed by atoms with Gasteiger partial charge in [-0.25, -0.2) is 4.79 Å². The number of carbonyl (C=O) groups is 1. The Morgan fingerprint density at radius 1 is 0.941 bits per heavy atom. The van der Waals surface area contributed by atoms with Gasteiger partial charge >= 0.3 is 6.16 Å². The highest BCUT2D eigenvalue weighted by Crippen LogP contribution is 1.90. The van der Waals surface area contributed by atoms with E-state index in [1.54, 1.807) is 0 Å². The Bertz CT molecular complexity index is 173. The summed E-state index contributed by atoms with van der Waals surface area (Å²) in [4.78, 5) is 10.4. The zero-order valence-electron chi connectivity index (χ0n) is 10.1. The van der Waals surface area contributed by atoms with Crippen LogP contribution in [-0.4, -0.2) is 42.8 Å². The molecule has 0 aliphatic heterocycles. The van der Waals surface area contributed by atoms with Gasteiger partial charge < -0.3 is 19.7 Å². The van der Waals surface area contributed by atoms with Crippen molar-refractivity contribution in [3.8, 4) is 0 Å². The molecule has 0 amide bonds. The van der Waals surface area contributed by atoms with Crippen LogP contribution in [0.15, 0.2) is 25.3 Å². The molecule has 0 unspecified atom stereocenters. The summed E-state index contributed by atoms with van der Waals surface area (Å²) in [5.41, 5.74) is 0. The van der Waals surface area contributed by atoms with Crippen molar-refractivity contribution < 1.29 is 24.5 Å². The molecule has 0 fully saturated rings. The molecular formula is C12H22O5. The fourth-order valence-corrected chi connectivity index (χ4v) is 0.696. The second-order valence-electron chi connectivity index (χ2n) is 2.96. The van der Waals surface area contributed by atoms with Crippen molar-refractivity contribution in [1.29, 1.82) is 0 Å². The summed E-state index contributed by atoms with van der Waals surface area (Å²) in [6.07, 6.45) is 4.82. The zero-order chi connectivity index (χ0) is 13.4. The van der Waals surface area contributed by atoms with Crippen LogP contribution in [0.4, 0.5) is 4.79 Å². The van der Waals surface area contributed by atoms with Crippen LogP contribution in [0.25, 0.3) is 0 Å². The van der Waals surface area contributed by atoms with E-state index in [-0.39, 0.29) is 26.4 Å². The van der Waals surface area contributed by atoms with Crippen LogP contribution in [0.2, 0.25) is 0 Å². The first-order valence-corrected chi connectivity index (χ1v) is 5.46. The maximum Gasteiger partial charge on any atom is 0.508 e. The van der Waals surface area contributed by atoms with Gasteiger partial charge in [0.05, 0.1) is 0 Å². The first-order valence-electron chi connectivity index (χ1n) is 5.46. The predicted molar refractivity (Wildman–Crippen MR) is 65.7 cm³/mol. The first-order chi connectivity index (χ1) is 8.22. The highest BCUT2D eigenvalue weighted by molar-refractivity contribution is 5.60. The highest BCUT2D eigenvalue weighted by atomic mass is 16.7. The quantitative estimate of drug-likeness (QED) is 0.387. The number of unbranched alkanes of at least 4 members (excludes halogenated alkanes) is 2. The van der Waals surface area contributed by atoms with Crippen molar-refractivity contribution in [1.82, 2.24) is 0 Å². The molecule has 0 aromatic heterocycles. The second kappa shape index (κ2) is 17.1. The zero-order valence-corrected chi connectivity index (χ0v) is 10.1. The molecule has 0 bridgehead atoms. The summed E-state index contributed by atoms with van der Waals surface area (Å²) in [6.45, 7) is 7.57. The Morgan fingerprint density at radius 2 is 1.35 bits per heavy atom. The maximum atomic E-state index is 10.4. The second-order valence-corrected chi connectivity index (χ2v) is 2.96. The predicted octanol–water partition coefficient (Wildman–Crippen LogP) is 1.65. The van der Waals surface area contributed by atoms with Gasteiger partial charge in [0.25, 0.3) is 0 Å². The molecule has 0 saturated carbocycles. The molecule has 0 aliphatic rings. The molecular weight excluding hydrogens is 224 g/mol. The fourth-order valence-electron chi connectivity index (χ4n) is 0.696. The lowest BCUT2D eigenvalue weighted by molar-refractivity contribution is 0.0718. The molecule has 0 atom stereocenters. The molecule has 5 nitrogen and oxygen atoms in total. The van der Waals surface area contributed by atoms with Gasteiger partial charge in [-0.3, -0.25) is 0 Å². The van der Waals surface area contributed by atoms with Gasteiger partial charge in [-0.15, -0.1) is 0 Å². The number of hydrogen-bond acceptors (Lipinski definition) is 5. The van der Waals surface area contributed by atoms with E-state index in [1.807, 2.05) is 0 Å². The molecule has 0 heterocycles. The first kappa shape index (κ1) is 18.0. The summed E-state index contributed by atoms with van der Waals surface area (Å²) in [5.74, 6) is 0. The SMILES string of the molecule is C=CCOC(=O)OCC=C.OCCCCCO. The Balaban J connectivity index is 0. The van der Waals surface area contributed by atoms with Crippen LogP contribution in [-0.2, 0) is 9.47 Å². The van der Waals surface area contributed by atoms with Crippen LogP contribution in [0, 0.1) is 0 Å². The van der Waals surface area contributed by atoms with Gasteiger partial charge in [-0.2, -0.15) is 0 Å². The summed E-state index contributed by atoms with van der Waals surface area (Å²) in [7, 11) is 0. The Hall–Kier alpha value is -1.33. The van der Waals surface area contributed by atoms with E-state index in [0.29, 0.717) is 0 Å². The summed E-state index contributed by atoms with van der Waals surface area (Å²) in [6, 6.07) is 0. The van der Waals surface area contributed by atoms with Crippen molar-refractivity contribution in [3.05, 3.63) is 25.3 Å². The topological polar surface area (TPSA) is 76.0 Å². The van der Waals surface area contributed by atoms with E-state index in [1.165, 1.54) is 12.2 Å². The number of aliphatic hydroxyl groups is 2. The molecule has 0 rings (SSSR count). The van der Waals surface area contributed by atoms with Gasteiger partial charge in [0.2, 0.25) is 0 Å². The minimum atomic E-state index is -0.695. The Labute approximate surface area is 102 Å². The van der Waals surface area contributed by atoms with Gasteiger partial charge in [-0.1, -0.05) is 25.3 Å². The minimum Gasteiger partial charge on any atom is -0.430 e. The lowest BCUT2D eigenvalue weighted by Crippen LogP contribution is -2.06. The van der Waals surface area contributed by atoms with Crippen molar-refractivity contribution >= 4 is 6.16 Å². The van der Waals surface area contributed by atoms with Crippen molar-refractivity contribution in [2.45, 2.75) is 19.3 Å². The van der Waals surface area contributed by atoms with Crippen LogP contribution >= 0.6 is 0 Å². The highest BCUT2D eigenvalue weighted by Gasteiger charge is 1.97. The largest absolute Gasteiger partial charge is 0.508 e. The third-order valence-corrected chi connectivity index (χ3v) is 1.45. The average molecular weight is 246 g/mol. The van der Waals surface area contributed by atoms with Crippen molar-refractivity contribution in [3.63, 3.8) is 0 Å². The molecule has 0 aromatic carbocycles. The van der Waals surface area contributed by atoms with Gasteiger partial charge in [-0.05, 0) is 19.3 Å². The lowest BCUT2D eigenvalue weighted by atomic mass is 10.2. The summed E-state index contributed by atoms with van der Waals surface area (Å²) >= 11 is 0. The van der Waals surface area contributed by atoms with E-state index in [0.717, 1.165) is 19.3 Å². The third kappa shape index (κ3) is 20.7. The normalized spacial score (nSPS) is 8.59. The van der Waals surface area contributed by atoms with Gasteiger partial charge in [0.1, 0.15) is 13.2 Å². The van der Waals surface area contributed by atoms with Crippen LogP contribution < -0.4 is 0 Å². The van der Waals surface area contributed by atoms with E-state index in [9.17, 15) is 4.79 Å². The molecule has 2 N–H and O–H groups in total. The molecule has 5 heteroatoms. The number of aliphatic hydroxyl groups excluding tert-OH is 2. The smallest absolute Gasteiger partial charge is 0.430 e. The molecule has 0 saturated heterocycles. The summed E-state index contributed by atoms with van der Waals surface area (Å²) in [5, 5.41) is 16.4. The fraction of sp³-hybridized carbons (Fsp3) is 0.583. The van der Waals surface area contributed by atoms with Crippen LogP contribution in [0.3, 0.4) is 0 Å². The molecule has 100 valence electrons.